The molecule has 0 unspecified atom stereocenters. The van der Waals surface area contributed by atoms with Crippen LogP contribution in [0.25, 0.3) is 10.9 Å². The van der Waals surface area contributed by atoms with Crippen molar-refractivity contribution in [3.63, 3.8) is 0 Å². The number of halogens is 1. The highest BCUT2D eigenvalue weighted by Gasteiger charge is 2.10. The number of amides is 1. The smallest absolute Gasteiger partial charge is 0.224 e. The molecule has 3 aromatic rings. The highest BCUT2D eigenvalue weighted by atomic mass is 35.5. The van der Waals surface area contributed by atoms with Gasteiger partial charge in [-0.25, -0.2) is 0 Å². The third kappa shape index (κ3) is 3.48. The Hall–Kier alpha value is -2.46. The van der Waals surface area contributed by atoms with Gasteiger partial charge in [-0.05, 0) is 29.8 Å². The van der Waals surface area contributed by atoms with Crippen molar-refractivity contribution in [2.24, 2.45) is 0 Å². The first-order valence-corrected chi connectivity index (χ1v) is 7.69. The highest BCUT2D eigenvalue weighted by Crippen LogP contribution is 2.22. The van der Waals surface area contributed by atoms with Gasteiger partial charge in [0.1, 0.15) is 5.75 Å². The van der Waals surface area contributed by atoms with Gasteiger partial charge in [-0.1, -0.05) is 29.8 Å². The topological polar surface area (TPSA) is 54.1 Å². The third-order valence-electron chi connectivity index (χ3n) is 3.74. The van der Waals surface area contributed by atoms with Crippen LogP contribution >= 0.6 is 11.6 Å². The number of nitrogens with one attached hydrogen (secondary N) is 2. The Morgan fingerprint density at radius 1 is 1.22 bits per heavy atom. The van der Waals surface area contributed by atoms with Crippen LogP contribution in [0.15, 0.2) is 48.7 Å². The number of para-hydroxylation sites is 1. The van der Waals surface area contributed by atoms with Crippen LogP contribution in [-0.4, -0.2) is 18.0 Å². The summed E-state index contributed by atoms with van der Waals surface area (Å²) in [6, 6.07) is 13.3. The van der Waals surface area contributed by atoms with Crippen LogP contribution in [0.4, 0.5) is 0 Å². The molecule has 23 heavy (non-hydrogen) atoms. The Balaban J connectivity index is 1.67. The fraction of sp³-hybridized carbons (Fsp3) is 0.167. The van der Waals surface area contributed by atoms with Crippen molar-refractivity contribution in [2.45, 2.75) is 13.0 Å². The van der Waals surface area contributed by atoms with E-state index in [4.69, 9.17) is 16.3 Å². The Bertz CT molecular complexity index is 842. The molecule has 5 heteroatoms. The molecule has 0 fully saturated rings. The lowest BCUT2D eigenvalue weighted by Crippen LogP contribution is -2.24. The van der Waals surface area contributed by atoms with E-state index in [0.29, 0.717) is 23.7 Å². The summed E-state index contributed by atoms with van der Waals surface area (Å²) in [6.45, 7) is 0.380. The molecule has 2 N–H and O–H groups in total. The molecule has 0 aliphatic heterocycles. The Morgan fingerprint density at radius 2 is 2.04 bits per heavy atom. The standard InChI is InChI=1S/C18H17ClN2O2/c1-23-17-7-6-14(19)8-13(17)11-21-18(22)9-12-10-20-16-5-3-2-4-15(12)16/h2-8,10,20H,9,11H2,1H3,(H,21,22). The lowest BCUT2D eigenvalue weighted by molar-refractivity contribution is -0.120. The van der Waals surface area contributed by atoms with Gasteiger partial charge >= 0.3 is 0 Å². The van der Waals surface area contributed by atoms with Gasteiger partial charge in [0, 0.05) is 34.2 Å². The maximum absolute atomic E-state index is 12.2. The van der Waals surface area contributed by atoms with Crippen LogP contribution < -0.4 is 10.1 Å². The van der Waals surface area contributed by atoms with Gasteiger partial charge in [-0.15, -0.1) is 0 Å². The molecule has 0 atom stereocenters. The van der Waals surface area contributed by atoms with E-state index in [9.17, 15) is 4.79 Å². The lowest BCUT2D eigenvalue weighted by atomic mass is 10.1. The van der Waals surface area contributed by atoms with Crippen molar-refractivity contribution in [1.29, 1.82) is 0 Å². The maximum Gasteiger partial charge on any atom is 0.224 e. The number of H-pyrrole nitrogens is 1. The summed E-state index contributed by atoms with van der Waals surface area (Å²) in [5, 5.41) is 4.60. The molecule has 0 aliphatic rings. The molecule has 2 aromatic carbocycles. The number of carbonyl (C=O) groups is 1. The van der Waals surface area contributed by atoms with Crippen molar-refractivity contribution in [3.05, 3.63) is 64.8 Å². The molecule has 0 bridgehead atoms. The van der Waals surface area contributed by atoms with E-state index in [1.807, 2.05) is 30.5 Å². The number of rotatable bonds is 5. The van der Waals surface area contributed by atoms with Crippen LogP contribution in [0.5, 0.6) is 5.75 Å². The van der Waals surface area contributed by atoms with E-state index in [-0.39, 0.29) is 5.91 Å². The number of aromatic nitrogens is 1. The summed E-state index contributed by atoms with van der Waals surface area (Å²) in [4.78, 5) is 15.4. The summed E-state index contributed by atoms with van der Waals surface area (Å²) in [5.41, 5.74) is 2.87. The molecule has 0 saturated carbocycles. The van der Waals surface area contributed by atoms with Crippen LogP contribution in [0.2, 0.25) is 5.02 Å². The van der Waals surface area contributed by atoms with Gasteiger partial charge in [0.2, 0.25) is 5.91 Å². The minimum atomic E-state index is -0.0446. The molecule has 1 heterocycles. The molecule has 3 rings (SSSR count). The number of methoxy groups -OCH3 is 1. The molecule has 0 spiro atoms. The Kier molecular flexibility index (Phi) is 4.53. The van der Waals surface area contributed by atoms with Gasteiger partial charge in [0.15, 0.2) is 0 Å². The summed E-state index contributed by atoms with van der Waals surface area (Å²) in [7, 11) is 1.60. The zero-order chi connectivity index (χ0) is 16.2. The summed E-state index contributed by atoms with van der Waals surface area (Å²) in [6.07, 6.45) is 2.21. The fourth-order valence-electron chi connectivity index (χ4n) is 2.59. The van der Waals surface area contributed by atoms with E-state index in [1.165, 1.54) is 0 Å². The molecule has 1 aromatic heterocycles. The minimum absolute atomic E-state index is 0.0446. The summed E-state index contributed by atoms with van der Waals surface area (Å²) < 4.78 is 5.28. The number of aromatic amines is 1. The first kappa shape index (κ1) is 15.4. The van der Waals surface area contributed by atoms with E-state index >= 15 is 0 Å². The predicted octanol–water partition coefficient (Wildman–Crippen LogP) is 3.69. The summed E-state index contributed by atoms with van der Waals surface area (Å²) >= 11 is 6.00. The van der Waals surface area contributed by atoms with Crippen LogP contribution in [0.3, 0.4) is 0 Å². The molecule has 0 radical (unpaired) electrons. The quantitative estimate of drug-likeness (QED) is 0.750. The minimum Gasteiger partial charge on any atom is -0.496 e. The van der Waals surface area contributed by atoms with Gasteiger partial charge in [-0.3, -0.25) is 4.79 Å². The van der Waals surface area contributed by atoms with Gasteiger partial charge < -0.3 is 15.0 Å². The summed E-state index contributed by atoms with van der Waals surface area (Å²) in [5.74, 6) is 0.665. The Morgan fingerprint density at radius 3 is 2.87 bits per heavy atom. The second-order valence-electron chi connectivity index (χ2n) is 5.27. The molecule has 0 aliphatic carbocycles. The number of fused-ring (bicyclic) bond motifs is 1. The van der Waals surface area contributed by atoms with Crippen molar-refractivity contribution in [3.8, 4) is 5.75 Å². The van der Waals surface area contributed by atoms with E-state index in [2.05, 4.69) is 10.3 Å². The van der Waals surface area contributed by atoms with Gasteiger partial charge in [0.05, 0.1) is 13.5 Å². The van der Waals surface area contributed by atoms with Gasteiger partial charge in [-0.2, -0.15) is 0 Å². The van der Waals surface area contributed by atoms with Crippen LogP contribution in [-0.2, 0) is 17.8 Å². The largest absolute Gasteiger partial charge is 0.496 e. The second kappa shape index (κ2) is 6.75. The molecule has 0 saturated heterocycles. The van der Waals surface area contributed by atoms with Crippen LogP contribution in [0, 0.1) is 0 Å². The van der Waals surface area contributed by atoms with E-state index in [1.54, 1.807) is 25.3 Å². The van der Waals surface area contributed by atoms with Gasteiger partial charge in [0.25, 0.3) is 0 Å². The molecular weight excluding hydrogens is 312 g/mol. The lowest BCUT2D eigenvalue weighted by Gasteiger charge is -2.10. The van der Waals surface area contributed by atoms with Crippen molar-refractivity contribution in [2.75, 3.05) is 7.11 Å². The highest BCUT2D eigenvalue weighted by molar-refractivity contribution is 6.30. The number of ether oxygens (including phenoxy) is 1. The monoisotopic (exact) mass is 328 g/mol. The normalized spacial score (nSPS) is 10.7. The van der Waals surface area contributed by atoms with Crippen LogP contribution in [0.1, 0.15) is 11.1 Å². The number of benzene rings is 2. The number of carbonyl (C=O) groups excluding carboxylic acids is 1. The molecule has 4 nitrogen and oxygen atoms in total. The fourth-order valence-corrected chi connectivity index (χ4v) is 2.79. The number of hydrogen-bond acceptors (Lipinski definition) is 2. The number of hydrogen-bond donors (Lipinski definition) is 2. The van der Waals surface area contributed by atoms with Crippen molar-refractivity contribution in [1.82, 2.24) is 10.3 Å². The first-order chi connectivity index (χ1) is 11.2. The van der Waals surface area contributed by atoms with Crippen molar-refractivity contribution < 1.29 is 9.53 Å². The SMILES string of the molecule is COc1ccc(Cl)cc1CNC(=O)Cc1c[nH]c2ccccc12. The average molecular weight is 329 g/mol. The molecular formula is C18H17ClN2O2. The maximum atomic E-state index is 12.2. The first-order valence-electron chi connectivity index (χ1n) is 7.31. The second-order valence-corrected chi connectivity index (χ2v) is 5.71. The zero-order valence-electron chi connectivity index (χ0n) is 12.7. The third-order valence-corrected chi connectivity index (χ3v) is 3.98. The average Bonchev–Trinajstić information content (AvgIpc) is 2.96. The van der Waals surface area contributed by atoms with E-state index < -0.39 is 0 Å². The Labute approximate surface area is 139 Å². The predicted molar refractivity (Wildman–Crippen MR) is 91.9 cm³/mol. The molecule has 118 valence electrons. The zero-order valence-corrected chi connectivity index (χ0v) is 13.5. The van der Waals surface area contributed by atoms with Crippen molar-refractivity contribution >= 4 is 28.4 Å². The van der Waals surface area contributed by atoms with E-state index in [0.717, 1.165) is 22.0 Å². The molecule has 1 amide bonds.